The summed E-state index contributed by atoms with van der Waals surface area (Å²) in [6, 6.07) is 8.73. The van der Waals surface area contributed by atoms with Gasteiger partial charge in [0, 0.05) is 56.6 Å². The number of anilines is 1. The van der Waals surface area contributed by atoms with Crippen LogP contribution < -0.4 is 10.2 Å². The molecule has 2 aliphatic heterocycles. The minimum atomic E-state index is -3.65. The number of nitrogens with zero attached hydrogens (tertiary/aromatic N) is 3. The highest BCUT2D eigenvalue weighted by Gasteiger charge is 2.34. The van der Waals surface area contributed by atoms with Gasteiger partial charge in [-0.15, -0.1) is 0 Å². The standard InChI is InChI=1S/C23H28N4O4S/c1-16-12-20-13-21(5-6-22(20)27(16)17(2)28)32(30,31)26-10-7-19(8-11-26)23(29)25-15-18-4-3-9-24-14-18/h3-6,9,13-14,16,19H,7-8,10-12,15H2,1-2H3,(H,25,29)/t16-/m0/s1. The fourth-order valence-corrected chi connectivity index (χ4v) is 6.11. The van der Waals surface area contributed by atoms with E-state index in [1.165, 1.54) is 11.2 Å². The van der Waals surface area contributed by atoms with Gasteiger partial charge in [0.15, 0.2) is 0 Å². The summed E-state index contributed by atoms with van der Waals surface area (Å²) in [6.45, 7) is 4.50. The second kappa shape index (κ2) is 8.99. The van der Waals surface area contributed by atoms with Crippen molar-refractivity contribution in [1.82, 2.24) is 14.6 Å². The average Bonchev–Trinajstić information content (AvgIpc) is 3.13. The predicted molar refractivity (Wildman–Crippen MR) is 120 cm³/mol. The Labute approximate surface area is 188 Å². The van der Waals surface area contributed by atoms with Crippen molar-refractivity contribution < 1.29 is 18.0 Å². The molecule has 1 aromatic carbocycles. The van der Waals surface area contributed by atoms with Crippen LogP contribution in [-0.2, 0) is 32.6 Å². The highest BCUT2D eigenvalue weighted by atomic mass is 32.2. The molecule has 0 radical (unpaired) electrons. The topological polar surface area (TPSA) is 99.7 Å². The summed E-state index contributed by atoms with van der Waals surface area (Å²) in [5, 5.41) is 2.92. The van der Waals surface area contributed by atoms with E-state index in [-0.39, 0.29) is 28.7 Å². The summed E-state index contributed by atoms with van der Waals surface area (Å²) in [6.07, 6.45) is 5.00. The summed E-state index contributed by atoms with van der Waals surface area (Å²) >= 11 is 0. The second-order valence-corrected chi connectivity index (χ2v) is 10.4. The van der Waals surface area contributed by atoms with E-state index >= 15 is 0 Å². The first-order valence-corrected chi connectivity index (χ1v) is 12.3. The molecule has 3 heterocycles. The molecule has 2 aromatic rings. The summed E-state index contributed by atoms with van der Waals surface area (Å²) < 4.78 is 27.9. The molecule has 1 atom stereocenters. The van der Waals surface area contributed by atoms with Crippen LogP contribution in [0.2, 0.25) is 0 Å². The SMILES string of the molecule is CC(=O)N1c2ccc(S(=O)(=O)N3CCC(C(=O)NCc4cccnc4)CC3)cc2C[C@@H]1C. The van der Waals surface area contributed by atoms with Crippen LogP contribution in [0.3, 0.4) is 0 Å². The molecule has 1 saturated heterocycles. The van der Waals surface area contributed by atoms with E-state index in [2.05, 4.69) is 10.3 Å². The smallest absolute Gasteiger partial charge is 0.243 e. The van der Waals surface area contributed by atoms with Gasteiger partial charge in [0.05, 0.1) is 4.90 Å². The third-order valence-corrected chi connectivity index (χ3v) is 8.15. The Morgan fingerprint density at radius 2 is 1.94 bits per heavy atom. The lowest BCUT2D eigenvalue weighted by molar-refractivity contribution is -0.126. The molecule has 2 amide bonds. The first-order valence-electron chi connectivity index (χ1n) is 10.9. The van der Waals surface area contributed by atoms with Crippen LogP contribution >= 0.6 is 0 Å². The van der Waals surface area contributed by atoms with E-state index in [1.54, 1.807) is 35.5 Å². The third kappa shape index (κ3) is 4.40. The van der Waals surface area contributed by atoms with Crippen molar-refractivity contribution in [2.45, 2.75) is 50.6 Å². The lowest BCUT2D eigenvalue weighted by Gasteiger charge is -2.30. The number of sulfonamides is 1. The van der Waals surface area contributed by atoms with E-state index in [4.69, 9.17) is 0 Å². The van der Waals surface area contributed by atoms with E-state index in [9.17, 15) is 18.0 Å². The Morgan fingerprint density at radius 1 is 1.19 bits per heavy atom. The largest absolute Gasteiger partial charge is 0.352 e. The van der Waals surface area contributed by atoms with Crippen LogP contribution in [0.25, 0.3) is 0 Å². The van der Waals surface area contributed by atoms with Gasteiger partial charge in [-0.05, 0) is 61.6 Å². The Balaban J connectivity index is 1.39. The van der Waals surface area contributed by atoms with Crippen LogP contribution in [0.5, 0.6) is 0 Å². The number of benzene rings is 1. The minimum absolute atomic E-state index is 0.0152. The lowest BCUT2D eigenvalue weighted by atomic mass is 9.97. The molecule has 4 rings (SSSR count). The number of hydrogen-bond donors (Lipinski definition) is 1. The van der Waals surface area contributed by atoms with Gasteiger partial charge in [-0.2, -0.15) is 4.31 Å². The van der Waals surface area contributed by atoms with E-state index in [0.717, 1.165) is 16.8 Å². The summed E-state index contributed by atoms with van der Waals surface area (Å²) in [5.41, 5.74) is 2.58. The molecular weight excluding hydrogens is 428 g/mol. The van der Waals surface area contributed by atoms with Crippen LogP contribution in [0, 0.1) is 5.92 Å². The molecule has 1 N–H and O–H groups in total. The number of hydrogen-bond acceptors (Lipinski definition) is 5. The molecule has 0 unspecified atom stereocenters. The zero-order valence-corrected chi connectivity index (χ0v) is 19.1. The Morgan fingerprint density at radius 3 is 2.59 bits per heavy atom. The van der Waals surface area contributed by atoms with Crippen LogP contribution in [0.15, 0.2) is 47.6 Å². The van der Waals surface area contributed by atoms with Crippen molar-refractivity contribution in [3.8, 4) is 0 Å². The number of aromatic nitrogens is 1. The van der Waals surface area contributed by atoms with Crippen LogP contribution in [0.1, 0.15) is 37.8 Å². The lowest BCUT2D eigenvalue weighted by Crippen LogP contribution is -2.42. The van der Waals surface area contributed by atoms with Gasteiger partial charge in [-0.25, -0.2) is 8.42 Å². The Kier molecular flexibility index (Phi) is 6.30. The molecule has 9 heteroatoms. The molecule has 0 spiro atoms. The highest BCUT2D eigenvalue weighted by Crippen LogP contribution is 2.35. The van der Waals surface area contributed by atoms with E-state index in [0.29, 0.717) is 38.9 Å². The molecule has 8 nitrogen and oxygen atoms in total. The zero-order chi connectivity index (χ0) is 22.9. The first kappa shape index (κ1) is 22.4. The van der Waals surface area contributed by atoms with Gasteiger partial charge in [0.25, 0.3) is 0 Å². The Bertz CT molecular complexity index is 1110. The quantitative estimate of drug-likeness (QED) is 0.743. The molecular formula is C23H28N4O4S. The van der Waals surface area contributed by atoms with E-state index in [1.807, 2.05) is 19.1 Å². The number of carbonyl (C=O) groups excluding carboxylic acids is 2. The van der Waals surface area contributed by atoms with Crippen molar-refractivity contribution in [2.24, 2.45) is 5.92 Å². The number of nitrogens with one attached hydrogen (secondary N) is 1. The molecule has 0 bridgehead atoms. The number of amides is 2. The fourth-order valence-electron chi connectivity index (χ4n) is 4.59. The summed E-state index contributed by atoms with van der Waals surface area (Å²) in [7, 11) is -3.65. The van der Waals surface area contributed by atoms with Crippen LogP contribution in [-0.4, -0.2) is 48.7 Å². The zero-order valence-electron chi connectivity index (χ0n) is 18.3. The normalized spacial score (nSPS) is 19.6. The molecule has 1 fully saturated rings. The maximum atomic E-state index is 13.2. The number of rotatable bonds is 5. The van der Waals surface area contributed by atoms with Gasteiger partial charge in [0.2, 0.25) is 21.8 Å². The molecule has 2 aliphatic rings. The molecule has 0 saturated carbocycles. The van der Waals surface area contributed by atoms with Crippen molar-refractivity contribution in [2.75, 3.05) is 18.0 Å². The maximum Gasteiger partial charge on any atom is 0.243 e. The summed E-state index contributed by atoms with van der Waals surface area (Å²) in [4.78, 5) is 30.4. The Hall–Kier alpha value is -2.78. The number of pyridine rings is 1. The van der Waals surface area contributed by atoms with Gasteiger partial charge in [-0.1, -0.05) is 6.07 Å². The molecule has 170 valence electrons. The highest BCUT2D eigenvalue weighted by molar-refractivity contribution is 7.89. The van der Waals surface area contributed by atoms with Crippen molar-refractivity contribution in [3.05, 3.63) is 53.9 Å². The van der Waals surface area contributed by atoms with E-state index < -0.39 is 10.0 Å². The fraction of sp³-hybridized carbons (Fsp3) is 0.435. The monoisotopic (exact) mass is 456 g/mol. The van der Waals surface area contributed by atoms with Crippen molar-refractivity contribution >= 4 is 27.5 Å². The predicted octanol–water partition coefficient (Wildman–Crippen LogP) is 2.10. The van der Waals surface area contributed by atoms with Gasteiger partial charge in [0.1, 0.15) is 0 Å². The van der Waals surface area contributed by atoms with Crippen LogP contribution in [0.4, 0.5) is 5.69 Å². The first-order chi connectivity index (χ1) is 15.3. The van der Waals surface area contributed by atoms with Crippen molar-refractivity contribution in [3.63, 3.8) is 0 Å². The molecule has 0 aliphatic carbocycles. The average molecular weight is 457 g/mol. The number of carbonyl (C=O) groups is 2. The second-order valence-electron chi connectivity index (χ2n) is 8.49. The number of piperidine rings is 1. The van der Waals surface area contributed by atoms with Gasteiger partial charge < -0.3 is 10.2 Å². The maximum absolute atomic E-state index is 13.2. The molecule has 1 aromatic heterocycles. The molecule has 32 heavy (non-hydrogen) atoms. The third-order valence-electron chi connectivity index (χ3n) is 6.26. The van der Waals surface area contributed by atoms with Gasteiger partial charge >= 0.3 is 0 Å². The minimum Gasteiger partial charge on any atom is -0.352 e. The summed E-state index contributed by atoms with van der Waals surface area (Å²) in [5.74, 6) is -0.305. The van der Waals surface area contributed by atoms with Crippen molar-refractivity contribution in [1.29, 1.82) is 0 Å². The number of fused-ring (bicyclic) bond motifs is 1. The van der Waals surface area contributed by atoms with Gasteiger partial charge in [-0.3, -0.25) is 14.6 Å².